The third kappa shape index (κ3) is 5.53. The summed E-state index contributed by atoms with van der Waals surface area (Å²) >= 11 is 0. The predicted molar refractivity (Wildman–Crippen MR) is 118 cm³/mol. The Bertz CT molecular complexity index is 966. The Hall–Kier alpha value is -3.20. The molecule has 2 aromatic rings. The number of nitrogens with one attached hydrogen (secondary N) is 3. The van der Waals surface area contributed by atoms with Gasteiger partial charge in [0.15, 0.2) is 0 Å². The number of β-amino-alcohol motifs (C(OH)–C–C–N with tert-alkyl or cyclic N) is 1. The number of benzene rings is 1. The summed E-state index contributed by atoms with van der Waals surface area (Å²) in [6.45, 7) is 7.49. The summed E-state index contributed by atoms with van der Waals surface area (Å²) in [5.41, 5.74) is 0.730. The lowest BCUT2D eigenvalue weighted by Gasteiger charge is -2.35. The first kappa shape index (κ1) is 23.5. The van der Waals surface area contributed by atoms with Crippen molar-refractivity contribution in [3.05, 3.63) is 53.6 Å². The van der Waals surface area contributed by atoms with Crippen molar-refractivity contribution in [1.82, 2.24) is 25.5 Å². The normalized spacial score (nSPS) is 19.5. The molecule has 0 unspecified atom stereocenters. The summed E-state index contributed by atoms with van der Waals surface area (Å²) < 4.78 is 0. The van der Waals surface area contributed by atoms with Gasteiger partial charge in [-0.25, -0.2) is 4.98 Å². The maximum atomic E-state index is 13.3. The molecule has 1 saturated heterocycles. The average Bonchev–Trinajstić information content (AvgIpc) is 3.36. The van der Waals surface area contributed by atoms with Gasteiger partial charge in [-0.3, -0.25) is 14.4 Å². The number of imidazole rings is 1. The van der Waals surface area contributed by atoms with E-state index in [0.717, 1.165) is 5.56 Å². The lowest BCUT2D eigenvalue weighted by atomic mass is 9.85. The van der Waals surface area contributed by atoms with Gasteiger partial charge in [-0.2, -0.15) is 0 Å². The fourth-order valence-corrected chi connectivity index (χ4v) is 3.83. The summed E-state index contributed by atoms with van der Waals surface area (Å²) in [6.07, 6.45) is 1.00. The number of hydrogen-bond donors (Lipinski definition) is 4. The third-order valence-electron chi connectivity index (χ3n) is 5.47. The number of aromatic amines is 1. The van der Waals surface area contributed by atoms with Crippen LogP contribution < -0.4 is 10.6 Å². The van der Waals surface area contributed by atoms with Gasteiger partial charge in [-0.15, -0.1) is 0 Å². The molecule has 4 N–H and O–H groups in total. The first-order chi connectivity index (χ1) is 15.1. The highest BCUT2D eigenvalue weighted by Crippen LogP contribution is 2.33. The number of aromatic nitrogens is 2. The van der Waals surface area contributed by atoms with Gasteiger partial charge in [0, 0.05) is 26.4 Å². The number of hydrogen-bond acceptors (Lipinski definition) is 5. The molecule has 3 rings (SSSR count). The van der Waals surface area contributed by atoms with Crippen LogP contribution in [0.1, 0.15) is 62.0 Å². The smallest absolute Gasteiger partial charge is 0.269 e. The van der Waals surface area contributed by atoms with E-state index in [-0.39, 0.29) is 30.0 Å². The van der Waals surface area contributed by atoms with Gasteiger partial charge in [-0.1, -0.05) is 51.1 Å². The number of amides is 3. The molecule has 1 aromatic carbocycles. The molecule has 1 fully saturated rings. The van der Waals surface area contributed by atoms with Crippen LogP contribution in [0.3, 0.4) is 0 Å². The zero-order valence-electron chi connectivity index (χ0n) is 18.9. The molecule has 0 saturated carbocycles. The zero-order chi connectivity index (χ0) is 23.5. The second-order valence-corrected chi connectivity index (χ2v) is 9.25. The van der Waals surface area contributed by atoms with E-state index in [1.807, 2.05) is 51.1 Å². The molecule has 0 radical (unpaired) electrons. The highest BCUT2D eigenvalue weighted by molar-refractivity contribution is 5.92. The van der Waals surface area contributed by atoms with Crippen molar-refractivity contribution >= 4 is 17.7 Å². The molecule has 0 bridgehead atoms. The lowest BCUT2D eigenvalue weighted by molar-refractivity contribution is -0.140. The number of carbonyl (C=O) groups is 3. The van der Waals surface area contributed by atoms with Crippen LogP contribution in [0, 0.1) is 5.41 Å². The van der Waals surface area contributed by atoms with E-state index in [0.29, 0.717) is 18.8 Å². The Labute approximate surface area is 187 Å². The molecule has 1 aliphatic heterocycles. The van der Waals surface area contributed by atoms with Gasteiger partial charge in [0.1, 0.15) is 17.6 Å². The highest BCUT2D eigenvalue weighted by atomic mass is 16.3. The zero-order valence-corrected chi connectivity index (χ0v) is 18.9. The second kappa shape index (κ2) is 9.52. The van der Waals surface area contributed by atoms with Crippen LogP contribution in [-0.2, 0) is 16.1 Å². The van der Waals surface area contributed by atoms with Gasteiger partial charge in [0.05, 0.1) is 18.3 Å². The Kier molecular flexibility index (Phi) is 6.98. The molecule has 0 spiro atoms. The van der Waals surface area contributed by atoms with E-state index in [9.17, 15) is 19.5 Å². The fraction of sp³-hybridized carbons (Fsp3) is 0.478. The first-order valence-corrected chi connectivity index (χ1v) is 10.7. The van der Waals surface area contributed by atoms with Crippen LogP contribution in [0.2, 0.25) is 0 Å². The van der Waals surface area contributed by atoms with Crippen LogP contribution >= 0.6 is 0 Å². The largest absolute Gasteiger partial charge is 0.391 e. The van der Waals surface area contributed by atoms with Crippen molar-refractivity contribution < 1.29 is 19.5 Å². The van der Waals surface area contributed by atoms with Crippen molar-refractivity contribution in [2.75, 3.05) is 6.54 Å². The van der Waals surface area contributed by atoms with Crippen LogP contribution in [0.5, 0.6) is 0 Å². The minimum absolute atomic E-state index is 0.131. The SMILES string of the molecule is CC(=O)N[C@H](C(=O)N1C[C@H](O)C[C@H]1c1ncc(C(=O)NCc2ccccc2)[nH]1)C(C)(C)C. The molecule has 3 amide bonds. The number of aliphatic hydroxyl groups excluding tert-OH is 1. The molecule has 2 heterocycles. The second-order valence-electron chi connectivity index (χ2n) is 9.25. The number of carbonyl (C=O) groups excluding carboxylic acids is 3. The maximum Gasteiger partial charge on any atom is 0.269 e. The van der Waals surface area contributed by atoms with E-state index in [4.69, 9.17) is 0 Å². The van der Waals surface area contributed by atoms with Crippen molar-refractivity contribution in [3.8, 4) is 0 Å². The monoisotopic (exact) mass is 441 g/mol. The summed E-state index contributed by atoms with van der Waals surface area (Å²) in [5.74, 6) is -0.476. The summed E-state index contributed by atoms with van der Waals surface area (Å²) in [4.78, 5) is 46.4. The molecule has 32 heavy (non-hydrogen) atoms. The lowest BCUT2D eigenvalue weighted by Crippen LogP contribution is -2.54. The number of aliphatic hydroxyl groups is 1. The van der Waals surface area contributed by atoms with E-state index >= 15 is 0 Å². The molecule has 1 aliphatic rings. The van der Waals surface area contributed by atoms with Crippen LogP contribution in [-0.4, -0.2) is 56.4 Å². The van der Waals surface area contributed by atoms with E-state index in [1.54, 1.807) is 0 Å². The molecule has 3 atom stereocenters. The van der Waals surface area contributed by atoms with Gasteiger partial charge in [-0.05, 0) is 11.0 Å². The number of nitrogens with zero attached hydrogens (tertiary/aromatic N) is 2. The standard InChI is InChI=1S/C23H31N5O4/c1-14(29)26-19(23(2,3)4)22(32)28-13-16(30)10-18(28)20-24-12-17(27-20)21(31)25-11-15-8-6-5-7-9-15/h5-9,12,16,18-19,30H,10-11,13H2,1-4H3,(H,24,27)(H,25,31)(H,26,29)/t16-,18+,19-/m1/s1. The van der Waals surface area contributed by atoms with Crippen LogP contribution in [0.25, 0.3) is 0 Å². The topological polar surface area (TPSA) is 127 Å². The van der Waals surface area contributed by atoms with Crippen molar-refractivity contribution in [2.45, 2.75) is 58.8 Å². The van der Waals surface area contributed by atoms with Crippen molar-refractivity contribution in [1.29, 1.82) is 0 Å². The Morgan fingerprint density at radius 3 is 2.56 bits per heavy atom. The van der Waals surface area contributed by atoms with Gasteiger partial charge in [0.2, 0.25) is 11.8 Å². The minimum Gasteiger partial charge on any atom is -0.391 e. The highest BCUT2D eigenvalue weighted by Gasteiger charge is 2.43. The molecule has 1 aromatic heterocycles. The summed E-state index contributed by atoms with van der Waals surface area (Å²) in [6, 6.07) is 8.28. The van der Waals surface area contributed by atoms with Gasteiger partial charge in [0.25, 0.3) is 5.91 Å². The minimum atomic E-state index is -0.753. The molecule has 0 aliphatic carbocycles. The van der Waals surface area contributed by atoms with E-state index in [1.165, 1.54) is 18.0 Å². The summed E-state index contributed by atoms with van der Waals surface area (Å²) in [5, 5.41) is 15.8. The Morgan fingerprint density at radius 2 is 1.94 bits per heavy atom. The molecule has 9 heteroatoms. The maximum absolute atomic E-state index is 13.3. The first-order valence-electron chi connectivity index (χ1n) is 10.7. The molecular weight excluding hydrogens is 410 g/mol. The van der Waals surface area contributed by atoms with Crippen molar-refractivity contribution in [2.24, 2.45) is 5.41 Å². The van der Waals surface area contributed by atoms with Gasteiger partial charge < -0.3 is 25.6 Å². The fourth-order valence-electron chi connectivity index (χ4n) is 3.83. The van der Waals surface area contributed by atoms with E-state index < -0.39 is 23.6 Å². The molecule has 9 nitrogen and oxygen atoms in total. The number of H-pyrrole nitrogens is 1. The van der Waals surface area contributed by atoms with Crippen molar-refractivity contribution in [3.63, 3.8) is 0 Å². The van der Waals surface area contributed by atoms with Crippen LogP contribution in [0.15, 0.2) is 36.5 Å². The number of likely N-dealkylation sites (tertiary alicyclic amines) is 1. The third-order valence-corrected chi connectivity index (χ3v) is 5.47. The van der Waals surface area contributed by atoms with Crippen LogP contribution in [0.4, 0.5) is 0 Å². The molecular formula is C23H31N5O4. The quantitative estimate of drug-likeness (QED) is 0.541. The number of rotatable bonds is 6. The van der Waals surface area contributed by atoms with E-state index in [2.05, 4.69) is 20.6 Å². The predicted octanol–water partition coefficient (Wildman–Crippen LogP) is 1.52. The summed E-state index contributed by atoms with van der Waals surface area (Å²) in [7, 11) is 0. The Morgan fingerprint density at radius 1 is 1.25 bits per heavy atom. The average molecular weight is 442 g/mol. The Balaban J connectivity index is 1.74. The molecule has 172 valence electrons. The van der Waals surface area contributed by atoms with Gasteiger partial charge >= 0.3 is 0 Å².